The van der Waals surface area contributed by atoms with Crippen LogP contribution in [-0.2, 0) is 36.8 Å². The quantitative estimate of drug-likeness (QED) is 0.104. The molecule has 0 spiro atoms. The number of para-hydroxylation sites is 1. The number of carbonyl (C=O) groups is 5. The highest BCUT2D eigenvalue weighted by molar-refractivity contribution is 5.95. The Labute approximate surface area is 240 Å². The Morgan fingerprint density at radius 1 is 0.833 bits per heavy atom. The van der Waals surface area contributed by atoms with E-state index in [2.05, 4.69) is 20.9 Å². The number of aromatic nitrogens is 1. The summed E-state index contributed by atoms with van der Waals surface area (Å²) in [7, 11) is 0. The van der Waals surface area contributed by atoms with Gasteiger partial charge in [0.25, 0.3) is 0 Å². The molecule has 3 rings (SSSR count). The number of phenols is 1. The Morgan fingerprint density at radius 2 is 1.43 bits per heavy atom. The Kier molecular flexibility index (Phi) is 11.0. The van der Waals surface area contributed by atoms with Gasteiger partial charge < -0.3 is 47.7 Å². The number of aromatic amines is 1. The molecule has 0 fully saturated rings. The van der Waals surface area contributed by atoms with Gasteiger partial charge in [-0.3, -0.25) is 19.2 Å². The van der Waals surface area contributed by atoms with Crippen LogP contribution in [0.3, 0.4) is 0 Å². The van der Waals surface area contributed by atoms with Crippen LogP contribution < -0.4 is 27.4 Å². The highest BCUT2D eigenvalue weighted by Gasteiger charge is 2.31. The first-order valence-electron chi connectivity index (χ1n) is 13.1. The van der Waals surface area contributed by atoms with E-state index in [0.717, 1.165) is 10.9 Å². The molecule has 0 bridgehead atoms. The monoisotopic (exact) mass is 582 g/mol. The summed E-state index contributed by atoms with van der Waals surface area (Å²) in [5.74, 6) is -4.53. The third kappa shape index (κ3) is 8.78. The molecule has 3 aromatic rings. The highest BCUT2D eigenvalue weighted by atomic mass is 16.4. The van der Waals surface area contributed by atoms with Gasteiger partial charge >= 0.3 is 5.97 Å². The lowest BCUT2D eigenvalue weighted by Gasteiger charge is -2.25. The molecule has 0 saturated carbocycles. The van der Waals surface area contributed by atoms with Crippen molar-refractivity contribution in [3.63, 3.8) is 0 Å². The number of primary amides is 1. The summed E-state index contributed by atoms with van der Waals surface area (Å²) in [6.45, 7) is -0.886. The molecule has 1 aromatic heterocycles. The summed E-state index contributed by atoms with van der Waals surface area (Å²) < 4.78 is 0. The van der Waals surface area contributed by atoms with Crippen LogP contribution in [-0.4, -0.2) is 80.7 Å². The van der Waals surface area contributed by atoms with Crippen LogP contribution in [0.15, 0.2) is 54.7 Å². The number of H-pyrrole nitrogens is 1. The minimum absolute atomic E-state index is 0.00787. The smallest absolute Gasteiger partial charge is 0.328 e. The van der Waals surface area contributed by atoms with Crippen LogP contribution in [0.1, 0.15) is 24.0 Å². The number of rotatable bonds is 15. The number of nitrogens with two attached hydrogens (primary N) is 2. The number of fused-ring (bicyclic) bond motifs is 1. The van der Waals surface area contributed by atoms with Crippen molar-refractivity contribution >= 4 is 40.5 Å². The van der Waals surface area contributed by atoms with E-state index in [-0.39, 0.29) is 31.4 Å². The molecule has 11 N–H and O–H groups in total. The summed E-state index contributed by atoms with van der Waals surface area (Å²) in [6.07, 6.45) is 1.38. The van der Waals surface area contributed by atoms with Gasteiger partial charge in [0, 0.05) is 36.4 Å². The van der Waals surface area contributed by atoms with Crippen molar-refractivity contribution in [2.24, 2.45) is 11.5 Å². The van der Waals surface area contributed by atoms with Crippen LogP contribution in [0.25, 0.3) is 10.9 Å². The van der Waals surface area contributed by atoms with Crippen molar-refractivity contribution in [1.29, 1.82) is 0 Å². The second kappa shape index (κ2) is 14.6. The van der Waals surface area contributed by atoms with Crippen LogP contribution in [0.5, 0.6) is 5.75 Å². The molecule has 224 valence electrons. The average Bonchev–Trinajstić information content (AvgIpc) is 3.37. The fraction of sp³-hybridized carbons (Fsp3) is 0.321. The molecule has 0 aliphatic heterocycles. The molecule has 0 radical (unpaired) electrons. The lowest BCUT2D eigenvalue weighted by molar-refractivity contribution is -0.143. The van der Waals surface area contributed by atoms with Gasteiger partial charge in [-0.15, -0.1) is 0 Å². The molecular weight excluding hydrogens is 548 g/mol. The van der Waals surface area contributed by atoms with Crippen LogP contribution >= 0.6 is 0 Å². The van der Waals surface area contributed by atoms with E-state index < -0.39 is 60.4 Å². The van der Waals surface area contributed by atoms with Gasteiger partial charge in [-0.1, -0.05) is 30.3 Å². The third-order valence-corrected chi connectivity index (χ3v) is 6.58. The first kappa shape index (κ1) is 31.6. The summed E-state index contributed by atoms with van der Waals surface area (Å²) in [5.41, 5.74) is 13.1. The fourth-order valence-corrected chi connectivity index (χ4v) is 4.24. The number of carbonyl (C=O) groups excluding carboxylic acids is 4. The predicted octanol–water partition coefficient (Wildman–Crippen LogP) is -1.22. The largest absolute Gasteiger partial charge is 0.508 e. The first-order valence-corrected chi connectivity index (χ1v) is 13.1. The number of aliphatic hydroxyl groups is 1. The molecule has 14 nitrogen and oxygen atoms in total. The van der Waals surface area contributed by atoms with E-state index in [1.807, 2.05) is 24.3 Å². The van der Waals surface area contributed by atoms with Crippen molar-refractivity contribution < 1.29 is 39.3 Å². The topological polar surface area (TPSA) is 250 Å². The Balaban J connectivity index is 1.88. The van der Waals surface area contributed by atoms with Crippen LogP contribution in [0.4, 0.5) is 0 Å². The van der Waals surface area contributed by atoms with Gasteiger partial charge in [0.05, 0.1) is 12.6 Å². The maximum absolute atomic E-state index is 13.6. The van der Waals surface area contributed by atoms with Gasteiger partial charge in [-0.05, 0) is 35.7 Å². The van der Waals surface area contributed by atoms with E-state index in [9.17, 15) is 39.3 Å². The Bertz CT molecular complexity index is 1420. The number of hydrogen-bond donors (Lipinski definition) is 9. The lowest BCUT2D eigenvalue weighted by atomic mass is 10.0. The molecule has 1 heterocycles. The molecule has 4 amide bonds. The number of phenolic OH excluding ortho intramolecular Hbond substituents is 1. The number of aliphatic hydroxyl groups excluding tert-OH is 1. The molecule has 14 heteroatoms. The zero-order chi connectivity index (χ0) is 30.8. The highest BCUT2D eigenvalue weighted by Crippen LogP contribution is 2.19. The van der Waals surface area contributed by atoms with Crippen molar-refractivity contribution in [3.05, 3.63) is 65.9 Å². The van der Waals surface area contributed by atoms with Crippen LogP contribution in [0, 0.1) is 0 Å². The summed E-state index contributed by atoms with van der Waals surface area (Å²) >= 11 is 0. The number of aromatic hydroxyl groups is 1. The number of carboxylic acid groups (broad SMARTS) is 1. The van der Waals surface area contributed by atoms with E-state index in [0.29, 0.717) is 11.1 Å². The van der Waals surface area contributed by atoms with Crippen molar-refractivity contribution in [2.45, 2.75) is 49.9 Å². The van der Waals surface area contributed by atoms with Crippen LogP contribution in [0.2, 0.25) is 0 Å². The molecule has 2 aromatic carbocycles. The molecule has 42 heavy (non-hydrogen) atoms. The zero-order valence-corrected chi connectivity index (χ0v) is 22.6. The summed E-state index contributed by atoms with van der Waals surface area (Å²) in [6, 6.07) is 7.77. The Morgan fingerprint density at radius 3 is 2.05 bits per heavy atom. The zero-order valence-electron chi connectivity index (χ0n) is 22.6. The van der Waals surface area contributed by atoms with E-state index in [1.54, 1.807) is 6.20 Å². The standard InChI is InChI=1S/C28H34N6O8/c29-19(9-10-24(30)37)25(38)32-22(12-16-13-31-20-4-2-1-3-18(16)20)27(40)33-21(11-15-5-7-17(36)8-6-15)26(39)34-23(14-35)28(41)42/h1-8,13,19,21-23,31,35-36H,9-12,14,29H2,(H2,30,37)(H,32,38)(H,33,40)(H,34,39)(H,41,42). The molecular formula is C28H34N6O8. The normalized spacial score (nSPS) is 13.9. The van der Waals surface area contributed by atoms with Crippen molar-refractivity contribution in [1.82, 2.24) is 20.9 Å². The number of aliphatic carboxylic acids is 1. The maximum Gasteiger partial charge on any atom is 0.328 e. The van der Waals surface area contributed by atoms with Crippen molar-refractivity contribution in [3.8, 4) is 5.75 Å². The molecule has 0 saturated heterocycles. The lowest BCUT2D eigenvalue weighted by Crippen LogP contribution is -2.58. The molecule has 0 aliphatic carbocycles. The maximum atomic E-state index is 13.6. The van der Waals surface area contributed by atoms with Gasteiger partial charge in [0.1, 0.15) is 23.9 Å². The molecule has 0 aliphatic rings. The number of carboxylic acids is 1. The number of hydrogen-bond acceptors (Lipinski definition) is 8. The minimum Gasteiger partial charge on any atom is -0.508 e. The second-order valence-electron chi connectivity index (χ2n) is 9.75. The second-order valence-corrected chi connectivity index (χ2v) is 9.75. The number of amides is 4. The summed E-state index contributed by atoms with van der Waals surface area (Å²) in [5, 5.41) is 36.4. The number of benzene rings is 2. The number of nitrogens with one attached hydrogen (secondary N) is 4. The van der Waals surface area contributed by atoms with Gasteiger partial charge in [0.15, 0.2) is 0 Å². The SMILES string of the molecule is NC(=O)CCC(N)C(=O)NC(Cc1c[nH]c2ccccc12)C(=O)NC(Cc1ccc(O)cc1)C(=O)NC(CO)C(=O)O. The van der Waals surface area contributed by atoms with E-state index >= 15 is 0 Å². The molecule has 4 atom stereocenters. The Hall–Kier alpha value is -4.95. The van der Waals surface area contributed by atoms with E-state index in [1.165, 1.54) is 24.3 Å². The third-order valence-electron chi connectivity index (χ3n) is 6.58. The van der Waals surface area contributed by atoms with Crippen molar-refractivity contribution in [2.75, 3.05) is 6.61 Å². The molecule has 4 unspecified atom stereocenters. The minimum atomic E-state index is -1.62. The van der Waals surface area contributed by atoms with E-state index in [4.69, 9.17) is 11.5 Å². The summed E-state index contributed by atoms with van der Waals surface area (Å²) in [4.78, 5) is 65.3. The average molecular weight is 583 g/mol. The van der Waals surface area contributed by atoms with Gasteiger partial charge in [-0.2, -0.15) is 0 Å². The fourth-order valence-electron chi connectivity index (χ4n) is 4.24. The van der Waals surface area contributed by atoms with Gasteiger partial charge in [0.2, 0.25) is 23.6 Å². The first-order chi connectivity index (χ1) is 20.0. The van der Waals surface area contributed by atoms with Gasteiger partial charge in [-0.25, -0.2) is 4.79 Å². The predicted molar refractivity (Wildman–Crippen MR) is 151 cm³/mol.